The Balaban J connectivity index is 1.60. The fraction of sp³-hybridized carbons (Fsp3) is 0.400. The second kappa shape index (κ2) is 8.28. The first-order chi connectivity index (χ1) is 13.3. The van der Waals surface area contributed by atoms with Gasteiger partial charge in [0.2, 0.25) is 15.9 Å². The average Bonchev–Trinajstić information content (AvgIpc) is 3.20. The minimum atomic E-state index is -3.63. The van der Waals surface area contributed by atoms with Gasteiger partial charge in [0.1, 0.15) is 5.76 Å². The molecule has 0 aliphatic carbocycles. The van der Waals surface area contributed by atoms with Crippen LogP contribution in [0.2, 0.25) is 0 Å². The topological polar surface area (TPSA) is 87.9 Å². The van der Waals surface area contributed by atoms with Crippen molar-refractivity contribution in [2.24, 2.45) is 5.92 Å². The van der Waals surface area contributed by atoms with E-state index in [0.717, 1.165) is 0 Å². The molecule has 1 aliphatic rings. The van der Waals surface area contributed by atoms with Crippen LogP contribution in [0, 0.1) is 5.92 Å². The number of nitrogens with zero attached hydrogens (tertiary/aromatic N) is 2. The Labute approximate surface area is 165 Å². The van der Waals surface area contributed by atoms with Gasteiger partial charge in [-0.05, 0) is 44.0 Å². The molecular formula is C20H24N2O5S. The standard InChI is InChI=1S/C20H24N2O5S/c1-15(23)16-5-7-19(8-6-16)28(25,26)22-11-9-17(10-12-22)20(24)21(2)14-18-4-3-13-27-18/h3-8,13,17H,9-12,14H2,1-2H3. The Kier molecular flexibility index (Phi) is 6.00. The first-order valence-corrected chi connectivity index (χ1v) is 10.6. The molecule has 7 nitrogen and oxygen atoms in total. The van der Waals surface area contributed by atoms with Crippen LogP contribution in [-0.4, -0.2) is 49.5 Å². The predicted octanol–water partition coefficient (Wildman–Crippen LogP) is 2.54. The lowest BCUT2D eigenvalue weighted by atomic mass is 9.96. The SMILES string of the molecule is CC(=O)c1ccc(S(=O)(=O)N2CCC(C(=O)N(C)Cc3ccco3)CC2)cc1. The number of benzene rings is 1. The van der Waals surface area contributed by atoms with Crippen LogP contribution < -0.4 is 0 Å². The number of hydrogen-bond acceptors (Lipinski definition) is 5. The van der Waals surface area contributed by atoms with Crippen molar-refractivity contribution < 1.29 is 22.4 Å². The van der Waals surface area contributed by atoms with Crippen molar-refractivity contribution in [2.75, 3.05) is 20.1 Å². The number of amides is 1. The number of carbonyl (C=O) groups is 2. The minimum absolute atomic E-state index is 0.000686. The van der Waals surface area contributed by atoms with Gasteiger partial charge in [-0.15, -0.1) is 0 Å². The van der Waals surface area contributed by atoms with Gasteiger partial charge < -0.3 is 9.32 Å². The van der Waals surface area contributed by atoms with Crippen LogP contribution in [0.4, 0.5) is 0 Å². The zero-order valence-corrected chi connectivity index (χ0v) is 16.8. The van der Waals surface area contributed by atoms with Crippen molar-refractivity contribution in [3.63, 3.8) is 0 Å². The average molecular weight is 404 g/mol. The molecule has 3 rings (SSSR count). The summed E-state index contributed by atoms with van der Waals surface area (Å²) in [5.74, 6) is 0.401. The molecule has 1 aliphatic heterocycles. The highest BCUT2D eigenvalue weighted by atomic mass is 32.2. The van der Waals surface area contributed by atoms with Crippen LogP contribution >= 0.6 is 0 Å². The Hall–Kier alpha value is -2.45. The highest BCUT2D eigenvalue weighted by Gasteiger charge is 2.33. The Morgan fingerprint density at radius 3 is 2.32 bits per heavy atom. The molecule has 0 saturated carbocycles. The molecule has 0 unspecified atom stereocenters. The third-order valence-corrected chi connectivity index (χ3v) is 6.96. The van der Waals surface area contributed by atoms with Crippen LogP contribution in [0.25, 0.3) is 0 Å². The van der Waals surface area contributed by atoms with Gasteiger partial charge in [0.15, 0.2) is 5.78 Å². The van der Waals surface area contributed by atoms with E-state index in [4.69, 9.17) is 4.42 Å². The summed E-state index contributed by atoms with van der Waals surface area (Å²) in [6.45, 7) is 2.42. The maximum absolute atomic E-state index is 12.8. The van der Waals surface area contributed by atoms with Gasteiger partial charge in [0, 0.05) is 31.6 Å². The summed E-state index contributed by atoms with van der Waals surface area (Å²) in [7, 11) is -1.91. The lowest BCUT2D eigenvalue weighted by Gasteiger charge is -2.32. The maximum Gasteiger partial charge on any atom is 0.243 e. The van der Waals surface area contributed by atoms with E-state index in [1.54, 1.807) is 24.3 Å². The van der Waals surface area contributed by atoms with E-state index in [2.05, 4.69) is 0 Å². The fourth-order valence-electron chi connectivity index (χ4n) is 3.38. The summed E-state index contributed by atoms with van der Waals surface area (Å²) >= 11 is 0. The van der Waals surface area contributed by atoms with Crippen molar-refractivity contribution in [1.29, 1.82) is 0 Å². The first kappa shape index (κ1) is 20.3. The van der Waals surface area contributed by atoms with Crippen LogP contribution in [0.15, 0.2) is 52.0 Å². The third kappa shape index (κ3) is 4.34. The minimum Gasteiger partial charge on any atom is -0.467 e. The summed E-state index contributed by atoms with van der Waals surface area (Å²) in [5.41, 5.74) is 0.475. The van der Waals surface area contributed by atoms with E-state index in [-0.39, 0.29) is 22.5 Å². The van der Waals surface area contributed by atoms with Gasteiger partial charge in [-0.1, -0.05) is 12.1 Å². The zero-order chi connectivity index (χ0) is 20.3. The molecule has 0 radical (unpaired) electrons. The second-order valence-electron chi connectivity index (χ2n) is 7.03. The number of piperidine rings is 1. The molecule has 0 bridgehead atoms. The summed E-state index contributed by atoms with van der Waals surface area (Å²) in [4.78, 5) is 25.8. The number of hydrogen-bond donors (Lipinski definition) is 0. The van der Waals surface area contributed by atoms with E-state index in [0.29, 0.717) is 43.8 Å². The summed E-state index contributed by atoms with van der Waals surface area (Å²) in [6, 6.07) is 9.56. The highest BCUT2D eigenvalue weighted by Crippen LogP contribution is 2.25. The molecule has 1 fully saturated rings. The van der Waals surface area contributed by atoms with Gasteiger partial charge in [0.05, 0.1) is 17.7 Å². The predicted molar refractivity (Wildman–Crippen MR) is 103 cm³/mol. The van der Waals surface area contributed by atoms with Crippen molar-refractivity contribution in [3.8, 4) is 0 Å². The first-order valence-electron chi connectivity index (χ1n) is 9.17. The quantitative estimate of drug-likeness (QED) is 0.691. The van der Waals surface area contributed by atoms with E-state index in [1.807, 2.05) is 6.07 Å². The van der Waals surface area contributed by atoms with Crippen molar-refractivity contribution in [1.82, 2.24) is 9.21 Å². The van der Waals surface area contributed by atoms with Crippen LogP contribution in [0.1, 0.15) is 35.9 Å². The van der Waals surface area contributed by atoms with Crippen LogP contribution in [0.3, 0.4) is 0 Å². The van der Waals surface area contributed by atoms with Crippen LogP contribution in [0.5, 0.6) is 0 Å². The molecule has 150 valence electrons. The molecule has 2 aromatic rings. The van der Waals surface area contributed by atoms with E-state index >= 15 is 0 Å². The molecule has 1 saturated heterocycles. The number of Topliss-reactive ketones (excluding diaryl/α,β-unsaturated/α-hetero) is 1. The lowest BCUT2D eigenvalue weighted by Crippen LogP contribution is -2.43. The second-order valence-corrected chi connectivity index (χ2v) is 8.97. The normalized spacial score (nSPS) is 16.1. The van der Waals surface area contributed by atoms with Gasteiger partial charge in [-0.3, -0.25) is 9.59 Å². The molecular weight excluding hydrogens is 380 g/mol. The Morgan fingerprint density at radius 1 is 1.14 bits per heavy atom. The largest absolute Gasteiger partial charge is 0.467 e. The maximum atomic E-state index is 12.8. The summed E-state index contributed by atoms with van der Waals surface area (Å²) < 4.78 is 32.3. The van der Waals surface area contributed by atoms with E-state index in [1.165, 1.54) is 35.5 Å². The third-order valence-electron chi connectivity index (χ3n) is 5.05. The monoisotopic (exact) mass is 404 g/mol. The van der Waals surface area contributed by atoms with Crippen molar-refractivity contribution in [2.45, 2.75) is 31.2 Å². The van der Waals surface area contributed by atoms with Crippen LogP contribution in [-0.2, 0) is 21.4 Å². The molecule has 0 N–H and O–H groups in total. The zero-order valence-electron chi connectivity index (χ0n) is 16.0. The molecule has 1 aromatic carbocycles. The lowest BCUT2D eigenvalue weighted by molar-refractivity contribution is -0.136. The summed E-state index contributed by atoms with van der Waals surface area (Å²) in [6.07, 6.45) is 2.53. The molecule has 2 heterocycles. The van der Waals surface area contributed by atoms with Gasteiger partial charge >= 0.3 is 0 Å². The van der Waals surface area contributed by atoms with Gasteiger partial charge in [0.25, 0.3) is 0 Å². The number of sulfonamides is 1. The molecule has 0 atom stereocenters. The van der Waals surface area contributed by atoms with E-state index < -0.39 is 10.0 Å². The van der Waals surface area contributed by atoms with Crippen molar-refractivity contribution in [3.05, 3.63) is 54.0 Å². The number of ketones is 1. The number of rotatable bonds is 6. The molecule has 1 aromatic heterocycles. The molecule has 8 heteroatoms. The fourth-order valence-corrected chi connectivity index (χ4v) is 4.85. The van der Waals surface area contributed by atoms with Crippen molar-refractivity contribution >= 4 is 21.7 Å². The number of furan rings is 1. The summed E-state index contributed by atoms with van der Waals surface area (Å²) in [5, 5.41) is 0. The smallest absolute Gasteiger partial charge is 0.243 e. The number of carbonyl (C=O) groups excluding carboxylic acids is 2. The van der Waals surface area contributed by atoms with Gasteiger partial charge in [-0.25, -0.2) is 8.42 Å². The Bertz CT molecular complexity index is 927. The van der Waals surface area contributed by atoms with E-state index in [9.17, 15) is 18.0 Å². The molecule has 0 spiro atoms. The molecule has 1 amide bonds. The molecule has 28 heavy (non-hydrogen) atoms. The highest BCUT2D eigenvalue weighted by molar-refractivity contribution is 7.89. The Morgan fingerprint density at radius 2 is 1.79 bits per heavy atom. The van der Waals surface area contributed by atoms with Gasteiger partial charge in [-0.2, -0.15) is 4.31 Å².